The van der Waals surface area contributed by atoms with Crippen molar-refractivity contribution >= 4 is 23.7 Å². The number of ether oxygens (including phenoxy) is 8. The predicted molar refractivity (Wildman–Crippen MR) is 221 cm³/mol. The van der Waals surface area contributed by atoms with Gasteiger partial charge in [-0.25, -0.2) is 4.79 Å². The molecule has 4 saturated heterocycles. The summed E-state index contributed by atoms with van der Waals surface area (Å²) in [6.45, 7) is -3.33. The number of aliphatic hydroxyl groups is 16. The maximum absolute atomic E-state index is 12.7. The van der Waals surface area contributed by atoms with Crippen molar-refractivity contribution in [3.05, 3.63) is 0 Å². The Bertz CT molecular complexity index is 1730. The van der Waals surface area contributed by atoms with Gasteiger partial charge in [0.2, 0.25) is 17.7 Å². The second-order valence-corrected chi connectivity index (χ2v) is 17.4. The molecule has 4 aliphatic heterocycles. The van der Waals surface area contributed by atoms with Crippen LogP contribution in [0.1, 0.15) is 27.2 Å². The molecule has 3 amide bonds. The van der Waals surface area contributed by atoms with Crippen molar-refractivity contribution < 1.29 is 144 Å². The molecule has 0 spiro atoms. The predicted octanol–water partition coefficient (Wildman–Crippen LogP) is -12.7. The van der Waals surface area contributed by atoms with Crippen molar-refractivity contribution in [3.8, 4) is 0 Å². The number of amides is 3. The van der Waals surface area contributed by atoms with Crippen molar-refractivity contribution in [3.63, 3.8) is 0 Å². The Morgan fingerprint density at radius 3 is 1.72 bits per heavy atom. The number of carboxylic acids is 1. The van der Waals surface area contributed by atoms with Crippen molar-refractivity contribution in [1.29, 1.82) is 0 Å². The molecule has 20 N–H and O–H groups in total. The van der Waals surface area contributed by atoms with Gasteiger partial charge in [0.05, 0.1) is 57.8 Å². The Morgan fingerprint density at radius 2 is 1.18 bits per heavy atom. The van der Waals surface area contributed by atoms with E-state index in [1.165, 1.54) is 0 Å². The second kappa shape index (κ2) is 26.4. The van der Waals surface area contributed by atoms with Crippen LogP contribution in [0.25, 0.3) is 0 Å². The third-order valence-corrected chi connectivity index (χ3v) is 12.2. The Labute approximate surface area is 402 Å². The fourth-order valence-corrected chi connectivity index (χ4v) is 8.42. The van der Waals surface area contributed by atoms with Gasteiger partial charge in [-0.05, 0) is 0 Å². The van der Waals surface area contributed by atoms with Crippen LogP contribution in [-0.4, -0.2) is 303 Å². The number of aliphatic hydroxyl groups excluding tert-OH is 16. The molecule has 71 heavy (non-hydrogen) atoms. The molecule has 0 aliphatic carbocycles. The largest absolute Gasteiger partial charge is 0.477 e. The molecular formula is C39H67N3O29. The molecule has 32 heteroatoms. The summed E-state index contributed by atoms with van der Waals surface area (Å²) in [5.74, 6) is -7.37. The molecular weight excluding hydrogens is 974 g/mol. The van der Waals surface area contributed by atoms with Crippen LogP contribution in [0.5, 0.6) is 0 Å². The highest BCUT2D eigenvalue weighted by Gasteiger charge is 2.58. The first-order chi connectivity index (χ1) is 33.3. The standard InChI is InChI=1S/C39H67N3O29/c1-11(48)40-14(5-43)31(23(54)16(52)6-44)68-37-30(61)34(26(57)18(8-46)65-37)70-35-22(42-13(3)50)27(58)32(19(9-47)66-35)69-36-29(60)28(59)25(56)20(67-36)10-64-39(38(62)63)4-15(51)21(41-12(2)49)33(71-39)24(55)17(53)7-45/h14-37,43-47,51-61H,4-10H2,1-3H3,(H,40,48)(H,41,49)(H,42,50)(H,62,63)/t14-,15-,16+,17+,18+,19+,20+,21+,22+,23-,24+,25-,26-,27+,28-,29+,30+,31+,32+,33+,34-,35-,36-,37-,39+/m0/s1. The van der Waals surface area contributed by atoms with Gasteiger partial charge in [0.25, 0.3) is 5.79 Å². The summed E-state index contributed by atoms with van der Waals surface area (Å²) in [5, 5.41) is 187. The Balaban J connectivity index is 1.59. The molecule has 32 nitrogen and oxygen atoms in total. The maximum atomic E-state index is 12.7. The summed E-state index contributed by atoms with van der Waals surface area (Å²) in [7, 11) is 0. The Morgan fingerprint density at radius 1 is 0.620 bits per heavy atom. The monoisotopic (exact) mass is 1040 g/mol. The second-order valence-electron chi connectivity index (χ2n) is 17.4. The van der Waals surface area contributed by atoms with Crippen molar-refractivity contribution in [2.45, 2.75) is 180 Å². The zero-order chi connectivity index (χ0) is 53.4. The van der Waals surface area contributed by atoms with Crippen LogP contribution in [0.3, 0.4) is 0 Å². The van der Waals surface area contributed by atoms with Crippen LogP contribution in [0, 0.1) is 0 Å². The normalized spacial score (nSPS) is 40.3. The van der Waals surface area contributed by atoms with E-state index in [-0.39, 0.29) is 0 Å². The summed E-state index contributed by atoms with van der Waals surface area (Å²) in [4.78, 5) is 49.0. The van der Waals surface area contributed by atoms with Gasteiger partial charge in [0.15, 0.2) is 18.9 Å². The number of carboxylic acid groups (broad SMARTS) is 1. The number of nitrogens with one attached hydrogen (secondary N) is 3. The molecule has 4 heterocycles. The summed E-state index contributed by atoms with van der Waals surface area (Å²) in [6, 6.07) is -4.96. The molecule has 0 aromatic heterocycles. The highest BCUT2D eigenvalue weighted by Crippen LogP contribution is 2.37. The molecule has 0 unspecified atom stereocenters. The molecule has 0 bridgehead atoms. The minimum Gasteiger partial charge on any atom is -0.477 e. The van der Waals surface area contributed by atoms with Crippen LogP contribution >= 0.6 is 0 Å². The van der Waals surface area contributed by atoms with E-state index in [4.69, 9.17) is 37.9 Å². The summed E-state index contributed by atoms with van der Waals surface area (Å²) in [5.41, 5.74) is 0. The van der Waals surface area contributed by atoms with E-state index in [0.717, 1.165) is 20.8 Å². The molecule has 4 fully saturated rings. The fourth-order valence-electron chi connectivity index (χ4n) is 8.42. The highest BCUT2D eigenvalue weighted by atomic mass is 16.8. The van der Waals surface area contributed by atoms with E-state index in [9.17, 15) is 106 Å². The van der Waals surface area contributed by atoms with E-state index >= 15 is 0 Å². The van der Waals surface area contributed by atoms with Gasteiger partial charge in [-0.3, -0.25) is 14.4 Å². The Kier molecular flexibility index (Phi) is 22.5. The van der Waals surface area contributed by atoms with Gasteiger partial charge in [0.1, 0.15) is 110 Å². The minimum atomic E-state index is -2.97. The molecule has 0 saturated carbocycles. The van der Waals surface area contributed by atoms with Gasteiger partial charge >= 0.3 is 5.97 Å². The first kappa shape index (κ1) is 60.5. The van der Waals surface area contributed by atoms with E-state index in [1.807, 2.05) is 0 Å². The molecule has 0 aromatic rings. The van der Waals surface area contributed by atoms with Crippen LogP contribution in [0.4, 0.5) is 0 Å². The number of hydrogen-bond donors (Lipinski definition) is 20. The average molecular weight is 1040 g/mol. The first-order valence-corrected chi connectivity index (χ1v) is 22.1. The highest BCUT2D eigenvalue weighted by molar-refractivity contribution is 5.76. The van der Waals surface area contributed by atoms with Crippen molar-refractivity contribution in [1.82, 2.24) is 16.0 Å². The minimum absolute atomic E-state index is 0.766. The zero-order valence-electron chi connectivity index (χ0n) is 38.3. The SMILES string of the molecule is CC(=O)N[C@H]1[C@H](O[C@H]2[C@@H](O)[C@@H](CO)O[C@@H](O[C@@H]([C@@H](O)[C@H](O)CO)[C@H](CO)NC(C)=O)[C@@H]2O)O[C@H](CO)[C@@H](O[C@@H]2O[C@H](CO[C@]3(C(=O)O)C[C@H](O)[C@@H](NC(C)=O)[C@H]([C@H](O)[C@H](O)CO)O3)[C@H](O)[C@H](O)[C@H]2O)[C@@H]1O. The van der Waals surface area contributed by atoms with E-state index in [2.05, 4.69) is 16.0 Å². The summed E-state index contributed by atoms with van der Waals surface area (Å²) >= 11 is 0. The fraction of sp³-hybridized carbons (Fsp3) is 0.897. The Hall–Kier alpha value is -3.08. The number of rotatable bonds is 23. The lowest BCUT2D eigenvalue weighted by molar-refractivity contribution is -0.375. The van der Waals surface area contributed by atoms with Gasteiger partial charge in [-0.2, -0.15) is 0 Å². The van der Waals surface area contributed by atoms with Crippen molar-refractivity contribution in [2.24, 2.45) is 0 Å². The smallest absolute Gasteiger partial charge is 0.364 e. The average Bonchev–Trinajstić information content (AvgIpc) is 3.32. The zero-order valence-corrected chi connectivity index (χ0v) is 38.3. The van der Waals surface area contributed by atoms with Crippen molar-refractivity contribution in [2.75, 3.05) is 39.6 Å². The molecule has 4 aliphatic rings. The maximum Gasteiger partial charge on any atom is 0.364 e. The van der Waals surface area contributed by atoms with Gasteiger partial charge in [-0.15, -0.1) is 0 Å². The quantitative estimate of drug-likeness (QED) is 0.0452. The molecule has 25 atom stereocenters. The van der Waals surface area contributed by atoms with Crippen LogP contribution in [0.15, 0.2) is 0 Å². The first-order valence-electron chi connectivity index (χ1n) is 22.1. The topological polar surface area (TPSA) is 522 Å². The third-order valence-electron chi connectivity index (χ3n) is 12.2. The third kappa shape index (κ3) is 14.2. The van der Waals surface area contributed by atoms with E-state index in [0.29, 0.717) is 0 Å². The number of hydrogen-bond acceptors (Lipinski definition) is 28. The molecule has 412 valence electrons. The van der Waals surface area contributed by atoms with E-state index < -0.39 is 222 Å². The summed E-state index contributed by atoms with van der Waals surface area (Å²) < 4.78 is 45.4. The van der Waals surface area contributed by atoms with E-state index in [1.54, 1.807) is 0 Å². The number of carbonyl (C=O) groups is 4. The summed E-state index contributed by atoms with van der Waals surface area (Å²) in [6.07, 6.45) is -43.5. The lowest BCUT2D eigenvalue weighted by atomic mass is 9.88. The lowest BCUT2D eigenvalue weighted by Gasteiger charge is -2.50. The van der Waals surface area contributed by atoms with Gasteiger partial charge < -0.3 is 141 Å². The van der Waals surface area contributed by atoms with Gasteiger partial charge in [0, 0.05) is 27.2 Å². The van der Waals surface area contributed by atoms with Crippen LogP contribution in [-0.2, 0) is 57.1 Å². The van der Waals surface area contributed by atoms with Crippen LogP contribution < -0.4 is 16.0 Å². The molecule has 0 radical (unpaired) electrons. The lowest BCUT2D eigenvalue weighted by Crippen LogP contribution is -2.70. The molecule has 4 rings (SSSR count). The van der Waals surface area contributed by atoms with Gasteiger partial charge in [-0.1, -0.05) is 0 Å². The number of carbonyl (C=O) groups excluding carboxylic acids is 3. The van der Waals surface area contributed by atoms with Crippen LogP contribution in [0.2, 0.25) is 0 Å². The molecule has 0 aromatic carbocycles. The number of aliphatic carboxylic acids is 1.